The normalized spacial score (nSPS) is 10.2. The number of nitrogens with zero attached hydrogens (tertiary/aromatic N) is 2. The number of aromatic nitrogens is 2. The Hall–Kier alpha value is -1.13. The predicted octanol–water partition coefficient (Wildman–Crippen LogP) is 3.94. The highest BCUT2D eigenvalue weighted by Crippen LogP contribution is 2.26. The van der Waals surface area contributed by atoms with Gasteiger partial charge in [-0.2, -0.15) is 0 Å². The van der Waals surface area contributed by atoms with E-state index in [2.05, 4.69) is 31.2 Å². The van der Waals surface area contributed by atoms with Crippen LogP contribution in [0.4, 0.5) is 11.5 Å². The van der Waals surface area contributed by atoms with E-state index in [1.54, 1.807) is 12.3 Å². The molecule has 0 aliphatic carbocycles. The molecule has 16 heavy (non-hydrogen) atoms. The Balaban J connectivity index is 2.30. The summed E-state index contributed by atoms with van der Waals surface area (Å²) in [4.78, 5) is 7.89. The van der Waals surface area contributed by atoms with E-state index >= 15 is 0 Å². The smallest absolute Gasteiger partial charge is 0.224 e. The highest BCUT2D eigenvalue weighted by Gasteiger charge is 2.02. The highest BCUT2D eigenvalue weighted by atomic mass is 79.9. The van der Waals surface area contributed by atoms with E-state index < -0.39 is 0 Å². The molecular formula is C11H9BrClN3. The standard InChI is InChI=1S/C11H9BrClN3/c1-7-2-3-8(12)9(6-7)15-10-4-5-14-11(13)16-10/h2-6H,1H3,(H,14,15,16). The van der Waals surface area contributed by atoms with Gasteiger partial charge in [0.25, 0.3) is 0 Å². The SMILES string of the molecule is Cc1ccc(Br)c(Nc2ccnc(Cl)n2)c1. The third-order valence-electron chi connectivity index (χ3n) is 2.01. The van der Waals surface area contributed by atoms with Crippen molar-refractivity contribution in [3.8, 4) is 0 Å². The molecular weight excluding hydrogens is 289 g/mol. The lowest BCUT2D eigenvalue weighted by molar-refractivity contribution is 1.17. The van der Waals surface area contributed by atoms with Crippen molar-refractivity contribution in [2.45, 2.75) is 6.92 Å². The van der Waals surface area contributed by atoms with Gasteiger partial charge >= 0.3 is 0 Å². The van der Waals surface area contributed by atoms with Crippen LogP contribution >= 0.6 is 27.5 Å². The lowest BCUT2D eigenvalue weighted by Gasteiger charge is -2.08. The van der Waals surface area contributed by atoms with Crippen LogP contribution in [0.3, 0.4) is 0 Å². The minimum atomic E-state index is 0.230. The molecule has 0 aliphatic heterocycles. The first-order chi connectivity index (χ1) is 7.65. The highest BCUT2D eigenvalue weighted by molar-refractivity contribution is 9.10. The minimum absolute atomic E-state index is 0.230. The number of rotatable bonds is 2. The van der Waals surface area contributed by atoms with Gasteiger partial charge in [0, 0.05) is 10.7 Å². The van der Waals surface area contributed by atoms with Gasteiger partial charge in [-0.15, -0.1) is 0 Å². The Morgan fingerprint density at radius 1 is 1.31 bits per heavy atom. The van der Waals surface area contributed by atoms with Crippen LogP contribution in [0.15, 0.2) is 34.9 Å². The molecule has 82 valence electrons. The van der Waals surface area contributed by atoms with E-state index in [1.807, 2.05) is 25.1 Å². The first kappa shape index (κ1) is 11.4. The van der Waals surface area contributed by atoms with Gasteiger partial charge < -0.3 is 5.32 Å². The lowest BCUT2D eigenvalue weighted by atomic mass is 10.2. The molecule has 3 nitrogen and oxygen atoms in total. The fourth-order valence-electron chi connectivity index (χ4n) is 1.28. The minimum Gasteiger partial charge on any atom is -0.339 e. The Morgan fingerprint density at radius 2 is 2.12 bits per heavy atom. The van der Waals surface area contributed by atoms with Gasteiger partial charge in [0.05, 0.1) is 5.69 Å². The fourth-order valence-corrected chi connectivity index (χ4v) is 1.77. The average molecular weight is 299 g/mol. The van der Waals surface area contributed by atoms with Crippen molar-refractivity contribution in [2.75, 3.05) is 5.32 Å². The van der Waals surface area contributed by atoms with Crippen molar-refractivity contribution in [3.05, 3.63) is 45.8 Å². The summed E-state index contributed by atoms with van der Waals surface area (Å²) < 4.78 is 0.979. The maximum atomic E-state index is 5.71. The molecule has 1 heterocycles. The van der Waals surface area contributed by atoms with E-state index in [-0.39, 0.29) is 5.28 Å². The molecule has 1 aromatic heterocycles. The molecule has 0 radical (unpaired) electrons. The predicted molar refractivity (Wildman–Crippen MR) is 69.2 cm³/mol. The number of aryl methyl sites for hydroxylation is 1. The number of benzene rings is 1. The summed E-state index contributed by atoms with van der Waals surface area (Å²) in [6, 6.07) is 7.81. The second-order valence-corrected chi connectivity index (χ2v) is 4.51. The van der Waals surface area contributed by atoms with Crippen molar-refractivity contribution in [3.63, 3.8) is 0 Å². The summed E-state index contributed by atoms with van der Waals surface area (Å²) in [5.41, 5.74) is 2.13. The molecule has 1 aromatic carbocycles. The number of nitrogens with one attached hydrogen (secondary N) is 1. The molecule has 1 N–H and O–H groups in total. The molecule has 0 amide bonds. The lowest BCUT2D eigenvalue weighted by Crippen LogP contribution is -1.95. The maximum absolute atomic E-state index is 5.71. The number of halogens is 2. The molecule has 0 spiro atoms. The van der Waals surface area contributed by atoms with Crippen LogP contribution in [0.25, 0.3) is 0 Å². The van der Waals surface area contributed by atoms with Crippen molar-refractivity contribution in [1.29, 1.82) is 0 Å². The van der Waals surface area contributed by atoms with Crippen molar-refractivity contribution in [2.24, 2.45) is 0 Å². The van der Waals surface area contributed by atoms with Gasteiger partial charge in [-0.05, 0) is 58.2 Å². The van der Waals surface area contributed by atoms with E-state index in [9.17, 15) is 0 Å². The van der Waals surface area contributed by atoms with E-state index in [0.717, 1.165) is 10.2 Å². The summed E-state index contributed by atoms with van der Waals surface area (Å²) in [5, 5.41) is 3.40. The molecule has 0 fully saturated rings. The van der Waals surface area contributed by atoms with Crippen LogP contribution in [0, 0.1) is 6.92 Å². The van der Waals surface area contributed by atoms with Gasteiger partial charge in [-0.3, -0.25) is 0 Å². The fraction of sp³-hybridized carbons (Fsp3) is 0.0909. The van der Waals surface area contributed by atoms with Crippen molar-refractivity contribution >= 4 is 39.0 Å². The largest absolute Gasteiger partial charge is 0.339 e. The third-order valence-corrected chi connectivity index (χ3v) is 2.88. The van der Waals surface area contributed by atoms with Crippen molar-refractivity contribution < 1.29 is 0 Å². The van der Waals surface area contributed by atoms with Crippen LogP contribution in [0.5, 0.6) is 0 Å². The van der Waals surface area contributed by atoms with Crippen LogP contribution in [-0.2, 0) is 0 Å². The van der Waals surface area contributed by atoms with Gasteiger partial charge in [0.1, 0.15) is 5.82 Å². The molecule has 0 saturated carbocycles. The zero-order valence-corrected chi connectivity index (χ0v) is 10.9. The Bertz CT molecular complexity index is 516. The first-order valence-corrected chi connectivity index (χ1v) is 5.84. The van der Waals surface area contributed by atoms with Crippen LogP contribution < -0.4 is 5.32 Å². The zero-order chi connectivity index (χ0) is 11.5. The Kier molecular flexibility index (Phi) is 3.41. The van der Waals surface area contributed by atoms with E-state index in [4.69, 9.17) is 11.6 Å². The van der Waals surface area contributed by atoms with Crippen LogP contribution in [-0.4, -0.2) is 9.97 Å². The summed E-state index contributed by atoms with van der Waals surface area (Å²) in [7, 11) is 0. The topological polar surface area (TPSA) is 37.8 Å². The number of hydrogen-bond acceptors (Lipinski definition) is 3. The summed E-state index contributed by atoms with van der Waals surface area (Å²) in [6.45, 7) is 2.03. The molecule has 0 saturated heterocycles. The van der Waals surface area contributed by atoms with Gasteiger partial charge in [0.15, 0.2) is 0 Å². The Labute approximate surface area is 107 Å². The molecule has 2 rings (SSSR count). The van der Waals surface area contributed by atoms with Gasteiger partial charge in [-0.25, -0.2) is 9.97 Å². The van der Waals surface area contributed by atoms with Crippen LogP contribution in [0.2, 0.25) is 5.28 Å². The van der Waals surface area contributed by atoms with Crippen LogP contribution in [0.1, 0.15) is 5.56 Å². The molecule has 0 atom stereocenters. The molecule has 0 aliphatic rings. The summed E-state index contributed by atoms with van der Waals surface area (Å²) >= 11 is 9.18. The molecule has 5 heteroatoms. The summed E-state index contributed by atoms with van der Waals surface area (Å²) in [6.07, 6.45) is 1.61. The molecule has 0 unspecified atom stereocenters. The zero-order valence-electron chi connectivity index (χ0n) is 8.54. The van der Waals surface area contributed by atoms with E-state index in [0.29, 0.717) is 5.82 Å². The number of anilines is 2. The second-order valence-electron chi connectivity index (χ2n) is 3.32. The monoisotopic (exact) mass is 297 g/mol. The quantitative estimate of drug-likeness (QED) is 0.853. The third kappa shape index (κ3) is 2.71. The second kappa shape index (κ2) is 4.80. The Morgan fingerprint density at radius 3 is 2.88 bits per heavy atom. The average Bonchev–Trinajstić information content (AvgIpc) is 2.24. The van der Waals surface area contributed by atoms with Gasteiger partial charge in [0.2, 0.25) is 5.28 Å². The molecule has 2 aromatic rings. The number of hydrogen-bond donors (Lipinski definition) is 1. The maximum Gasteiger partial charge on any atom is 0.224 e. The van der Waals surface area contributed by atoms with E-state index in [1.165, 1.54) is 5.56 Å². The van der Waals surface area contributed by atoms with Crippen molar-refractivity contribution in [1.82, 2.24) is 9.97 Å². The molecule has 0 bridgehead atoms. The first-order valence-electron chi connectivity index (χ1n) is 4.67. The van der Waals surface area contributed by atoms with Gasteiger partial charge in [-0.1, -0.05) is 6.07 Å². The summed E-state index contributed by atoms with van der Waals surface area (Å²) in [5.74, 6) is 0.673.